The highest BCUT2D eigenvalue weighted by molar-refractivity contribution is 6.30. The zero-order valence-corrected chi connectivity index (χ0v) is 13.1. The lowest BCUT2D eigenvalue weighted by molar-refractivity contribution is -0.121. The Morgan fingerprint density at radius 1 is 1.39 bits per heavy atom. The van der Waals surface area contributed by atoms with Gasteiger partial charge in [0.15, 0.2) is 0 Å². The molecule has 3 N–H and O–H groups in total. The van der Waals surface area contributed by atoms with Crippen LogP contribution in [0.15, 0.2) is 42.6 Å². The van der Waals surface area contributed by atoms with Crippen LogP contribution in [-0.4, -0.2) is 26.1 Å². The van der Waals surface area contributed by atoms with Gasteiger partial charge in [-0.05, 0) is 48.2 Å². The van der Waals surface area contributed by atoms with Gasteiger partial charge in [-0.1, -0.05) is 23.7 Å². The average molecular weight is 331 g/mol. The molecular formula is C15H15ClN6O. The summed E-state index contributed by atoms with van der Waals surface area (Å²) in [6, 6.07) is 6.92. The fourth-order valence-corrected chi connectivity index (χ4v) is 2.28. The highest BCUT2D eigenvalue weighted by Gasteiger charge is 2.18. The molecule has 2 heterocycles. The molecule has 8 heteroatoms. The second-order valence-electron chi connectivity index (χ2n) is 5.16. The molecule has 118 valence electrons. The smallest absolute Gasteiger partial charge is 0.243 e. The van der Waals surface area contributed by atoms with Crippen molar-refractivity contribution < 1.29 is 4.79 Å². The predicted octanol–water partition coefficient (Wildman–Crippen LogP) is 1.61. The number of primary amides is 1. The highest BCUT2D eigenvalue weighted by Crippen LogP contribution is 2.25. The minimum atomic E-state index is -0.644. The van der Waals surface area contributed by atoms with E-state index in [1.807, 2.05) is 42.6 Å². The highest BCUT2D eigenvalue weighted by atomic mass is 35.5. The molecular weight excluding hydrogens is 316 g/mol. The number of benzene rings is 1. The molecule has 0 saturated heterocycles. The molecule has 7 nitrogen and oxygen atoms in total. The van der Waals surface area contributed by atoms with Crippen LogP contribution in [0.5, 0.6) is 0 Å². The molecule has 1 aromatic heterocycles. The lowest BCUT2D eigenvalue weighted by Crippen LogP contribution is -2.25. The number of aromatic nitrogens is 4. The Bertz CT molecular complexity index is 780. The van der Waals surface area contributed by atoms with Crippen molar-refractivity contribution in [2.45, 2.75) is 19.0 Å². The monoisotopic (exact) mass is 330 g/mol. The summed E-state index contributed by atoms with van der Waals surface area (Å²) in [5.41, 5.74) is 7.12. The van der Waals surface area contributed by atoms with E-state index in [4.69, 9.17) is 17.3 Å². The van der Waals surface area contributed by atoms with Gasteiger partial charge in [-0.3, -0.25) is 4.79 Å². The van der Waals surface area contributed by atoms with E-state index >= 15 is 0 Å². The molecule has 2 aromatic rings. The summed E-state index contributed by atoms with van der Waals surface area (Å²) in [6.07, 6.45) is 5.66. The molecule has 0 fully saturated rings. The Hall–Kier alpha value is -2.67. The zero-order valence-electron chi connectivity index (χ0n) is 12.3. The van der Waals surface area contributed by atoms with Crippen LogP contribution in [0.1, 0.15) is 30.4 Å². The quantitative estimate of drug-likeness (QED) is 0.887. The Morgan fingerprint density at radius 2 is 2.13 bits per heavy atom. The zero-order chi connectivity index (χ0) is 16.4. The molecule has 1 aliphatic heterocycles. The molecule has 1 amide bonds. The summed E-state index contributed by atoms with van der Waals surface area (Å²) >= 11 is 5.91. The normalized spacial score (nSPS) is 18.2. The fourth-order valence-electron chi connectivity index (χ4n) is 2.15. The number of carbonyl (C=O) groups is 1. The molecule has 0 spiro atoms. The number of nitrogens with zero attached hydrogens (tertiary/aromatic N) is 4. The molecule has 2 unspecified atom stereocenters. The first-order valence-electron chi connectivity index (χ1n) is 7.03. The van der Waals surface area contributed by atoms with Gasteiger partial charge < -0.3 is 11.1 Å². The van der Waals surface area contributed by atoms with Crippen LogP contribution in [-0.2, 0) is 4.79 Å². The van der Waals surface area contributed by atoms with Crippen LogP contribution in [0.3, 0.4) is 0 Å². The van der Waals surface area contributed by atoms with Gasteiger partial charge in [-0.15, -0.1) is 10.2 Å². The number of nitrogens with two attached hydrogens (primary N) is 1. The number of nitrogens with one attached hydrogen (secondary N) is 1. The number of halogens is 1. The maximum atomic E-state index is 11.2. The van der Waals surface area contributed by atoms with Gasteiger partial charge in [0, 0.05) is 10.6 Å². The maximum Gasteiger partial charge on any atom is 0.243 e. The van der Waals surface area contributed by atoms with Crippen molar-refractivity contribution in [1.82, 2.24) is 25.5 Å². The number of hydrogen-bond acceptors (Lipinski definition) is 5. The molecule has 3 rings (SSSR count). The number of carbonyl (C=O) groups excluding carboxylic acids is 1. The minimum absolute atomic E-state index is 0.0206. The van der Waals surface area contributed by atoms with Crippen molar-refractivity contribution >= 4 is 23.1 Å². The predicted molar refractivity (Wildman–Crippen MR) is 86.2 cm³/mol. The van der Waals surface area contributed by atoms with Crippen LogP contribution in [0.2, 0.25) is 5.02 Å². The Labute approximate surface area is 137 Å². The van der Waals surface area contributed by atoms with Gasteiger partial charge in [0.05, 0.1) is 6.04 Å². The molecule has 0 bridgehead atoms. The molecule has 0 saturated carbocycles. The first kappa shape index (κ1) is 15.2. The average Bonchev–Trinajstić information content (AvgIpc) is 3.05. The van der Waals surface area contributed by atoms with Crippen molar-refractivity contribution in [2.24, 2.45) is 5.73 Å². The summed E-state index contributed by atoms with van der Waals surface area (Å²) in [7, 11) is 0. The first-order chi connectivity index (χ1) is 11.0. The van der Waals surface area contributed by atoms with E-state index in [9.17, 15) is 4.79 Å². The van der Waals surface area contributed by atoms with Gasteiger partial charge in [-0.25, -0.2) is 0 Å². The van der Waals surface area contributed by atoms with Gasteiger partial charge in [0.1, 0.15) is 6.04 Å². The van der Waals surface area contributed by atoms with E-state index in [1.165, 1.54) is 4.80 Å². The topological polar surface area (TPSA) is 98.7 Å². The van der Waals surface area contributed by atoms with Crippen molar-refractivity contribution in [1.29, 1.82) is 0 Å². The van der Waals surface area contributed by atoms with Gasteiger partial charge >= 0.3 is 0 Å². The summed E-state index contributed by atoms with van der Waals surface area (Å²) < 4.78 is 0. The third-order valence-corrected chi connectivity index (χ3v) is 3.81. The number of amides is 1. The van der Waals surface area contributed by atoms with Crippen molar-refractivity contribution in [3.63, 3.8) is 0 Å². The number of rotatable bonds is 4. The van der Waals surface area contributed by atoms with E-state index in [0.717, 1.165) is 11.1 Å². The third-order valence-electron chi connectivity index (χ3n) is 3.56. The van der Waals surface area contributed by atoms with Crippen LogP contribution >= 0.6 is 11.6 Å². The number of dihydropyridines is 1. The molecule has 0 radical (unpaired) electrons. The van der Waals surface area contributed by atoms with Crippen LogP contribution in [0, 0.1) is 0 Å². The number of hydrogen-bond donors (Lipinski definition) is 2. The second kappa shape index (κ2) is 6.21. The fraction of sp³-hybridized carbons (Fsp3) is 0.200. The van der Waals surface area contributed by atoms with Gasteiger partial charge in [0.25, 0.3) is 0 Å². The minimum Gasteiger partial charge on any atom is -0.381 e. The lowest BCUT2D eigenvalue weighted by Gasteiger charge is -2.18. The molecule has 0 aliphatic carbocycles. The second-order valence-corrected chi connectivity index (χ2v) is 5.60. The Balaban J connectivity index is 1.86. The molecule has 2 atom stereocenters. The van der Waals surface area contributed by atoms with Crippen molar-refractivity contribution in [3.05, 3.63) is 59.0 Å². The standard InChI is InChI=1S/C15H15ClN6O/c1-9(14(17)23)22-20-15(19-21-22)11-6-7-18-13(8-11)10-2-4-12(16)5-3-10/h2-9,13,18H,1H3,(H2,17,23). The van der Waals surface area contributed by atoms with Crippen LogP contribution < -0.4 is 11.1 Å². The molecule has 1 aliphatic rings. The van der Waals surface area contributed by atoms with Crippen molar-refractivity contribution in [3.8, 4) is 0 Å². The largest absolute Gasteiger partial charge is 0.381 e. The Morgan fingerprint density at radius 3 is 2.83 bits per heavy atom. The molecule has 23 heavy (non-hydrogen) atoms. The van der Waals surface area contributed by atoms with Gasteiger partial charge in [0.2, 0.25) is 11.7 Å². The SMILES string of the molecule is CC(C(N)=O)n1nnc(C2=CC(c3ccc(Cl)cc3)NC=C2)n1. The Kier molecular flexibility index (Phi) is 4.12. The van der Waals surface area contributed by atoms with E-state index < -0.39 is 11.9 Å². The summed E-state index contributed by atoms with van der Waals surface area (Å²) in [5.74, 6) is -0.0716. The first-order valence-corrected chi connectivity index (χ1v) is 7.41. The van der Waals surface area contributed by atoms with E-state index in [-0.39, 0.29) is 6.04 Å². The summed E-state index contributed by atoms with van der Waals surface area (Å²) in [5, 5.41) is 16.0. The van der Waals surface area contributed by atoms with E-state index in [1.54, 1.807) is 6.92 Å². The lowest BCUT2D eigenvalue weighted by atomic mass is 10.0. The summed E-state index contributed by atoms with van der Waals surface area (Å²) in [4.78, 5) is 12.4. The number of tetrazole rings is 1. The maximum absolute atomic E-state index is 11.2. The van der Waals surface area contributed by atoms with Crippen molar-refractivity contribution in [2.75, 3.05) is 0 Å². The van der Waals surface area contributed by atoms with Crippen LogP contribution in [0.4, 0.5) is 0 Å². The van der Waals surface area contributed by atoms with Crippen LogP contribution in [0.25, 0.3) is 5.57 Å². The third kappa shape index (κ3) is 3.24. The van der Waals surface area contributed by atoms with Gasteiger partial charge in [-0.2, -0.15) is 4.80 Å². The number of allylic oxidation sites excluding steroid dienone is 2. The van der Waals surface area contributed by atoms with E-state index in [0.29, 0.717) is 10.8 Å². The molecule has 1 aromatic carbocycles. The van der Waals surface area contributed by atoms with E-state index in [2.05, 4.69) is 20.7 Å². The summed E-state index contributed by atoms with van der Waals surface area (Å²) in [6.45, 7) is 1.62.